The second kappa shape index (κ2) is 9.65. The maximum atomic E-state index is 14.9. The maximum absolute atomic E-state index is 14.9. The van der Waals surface area contributed by atoms with Gasteiger partial charge in [0, 0.05) is 24.3 Å². The largest absolute Gasteiger partial charge is 0.326 e. The number of aromatic nitrogens is 5. The molecule has 0 unspecified atom stereocenters. The lowest BCUT2D eigenvalue weighted by molar-refractivity contribution is 0.220. The van der Waals surface area contributed by atoms with Crippen LogP contribution < -0.4 is 5.32 Å². The zero-order valence-electron chi connectivity index (χ0n) is 20.2. The molecule has 1 N–H and O–H groups in total. The van der Waals surface area contributed by atoms with E-state index in [4.69, 9.17) is 0 Å². The Bertz CT molecular complexity index is 1340. The minimum absolute atomic E-state index is 0.0131. The summed E-state index contributed by atoms with van der Waals surface area (Å²) in [4.78, 5) is 19.6. The van der Waals surface area contributed by atoms with E-state index >= 15 is 0 Å². The Kier molecular flexibility index (Phi) is 6.42. The van der Waals surface area contributed by atoms with E-state index in [2.05, 4.69) is 30.2 Å². The fourth-order valence-corrected chi connectivity index (χ4v) is 4.77. The third kappa shape index (κ3) is 4.86. The molecule has 1 fully saturated rings. The van der Waals surface area contributed by atoms with Crippen LogP contribution in [0.2, 0.25) is 0 Å². The number of halogens is 2. The molecule has 9 heteroatoms. The van der Waals surface area contributed by atoms with Crippen molar-refractivity contribution >= 4 is 22.8 Å². The number of piperidine rings is 1. The monoisotopic (exact) mass is 477 g/mol. The van der Waals surface area contributed by atoms with Gasteiger partial charge in [-0.15, -0.1) is 0 Å². The molecule has 1 aliphatic heterocycles. The SMILES string of the molecule is Cc1nc2c(F)cc(-c3nc(Nc4ccc(CN5CCCCC5)cn4)ncc3F)cc2n1C(C)C. The van der Waals surface area contributed by atoms with Crippen molar-refractivity contribution in [3.63, 3.8) is 0 Å². The first-order chi connectivity index (χ1) is 16.9. The summed E-state index contributed by atoms with van der Waals surface area (Å²) in [6.07, 6.45) is 6.71. The van der Waals surface area contributed by atoms with Crippen molar-refractivity contribution in [3.8, 4) is 11.3 Å². The quantitative estimate of drug-likeness (QED) is 0.379. The molecule has 1 aliphatic rings. The Morgan fingerprint density at radius 1 is 0.971 bits per heavy atom. The van der Waals surface area contributed by atoms with E-state index in [0.717, 1.165) is 31.4 Å². The van der Waals surface area contributed by atoms with Gasteiger partial charge in [-0.1, -0.05) is 12.5 Å². The Hall–Kier alpha value is -3.46. The fraction of sp³-hybridized carbons (Fsp3) is 0.385. The van der Waals surface area contributed by atoms with Crippen LogP contribution in [0.15, 0.2) is 36.7 Å². The number of nitrogens with one attached hydrogen (secondary N) is 1. The van der Waals surface area contributed by atoms with Crippen LogP contribution in [-0.4, -0.2) is 42.5 Å². The molecule has 1 aromatic carbocycles. The Balaban J connectivity index is 1.40. The second-order valence-corrected chi connectivity index (χ2v) is 9.35. The van der Waals surface area contributed by atoms with Gasteiger partial charge in [0.1, 0.15) is 22.9 Å². The zero-order valence-corrected chi connectivity index (χ0v) is 20.2. The van der Waals surface area contributed by atoms with Crippen LogP contribution in [-0.2, 0) is 6.54 Å². The van der Waals surface area contributed by atoms with Crippen LogP contribution in [0.25, 0.3) is 22.3 Å². The summed E-state index contributed by atoms with van der Waals surface area (Å²) in [7, 11) is 0. The fourth-order valence-electron chi connectivity index (χ4n) is 4.77. The first-order valence-electron chi connectivity index (χ1n) is 12.0. The van der Waals surface area contributed by atoms with Crippen molar-refractivity contribution in [2.24, 2.45) is 0 Å². The number of pyridine rings is 1. The van der Waals surface area contributed by atoms with E-state index in [1.54, 1.807) is 6.07 Å². The number of imidazole rings is 1. The van der Waals surface area contributed by atoms with Gasteiger partial charge in [0.05, 0.1) is 11.7 Å². The van der Waals surface area contributed by atoms with Gasteiger partial charge >= 0.3 is 0 Å². The van der Waals surface area contributed by atoms with Crippen LogP contribution >= 0.6 is 0 Å². The number of nitrogens with zero attached hydrogens (tertiary/aromatic N) is 6. The molecule has 0 saturated carbocycles. The molecule has 4 aromatic rings. The summed E-state index contributed by atoms with van der Waals surface area (Å²) in [5.74, 6) is 0.295. The van der Waals surface area contributed by atoms with Crippen LogP contribution in [0.1, 0.15) is 50.5 Å². The number of likely N-dealkylation sites (tertiary alicyclic amines) is 1. The first kappa shape index (κ1) is 23.3. The van der Waals surface area contributed by atoms with E-state index < -0.39 is 11.6 Å². The van der Waals surface area contributed by atoms with Gasteiger partial charge in [0.25, 0.3) is 0 Å². The summed E-state index contributed by atoms with van der Waals surface area (Å²) in [6, 6.07) is 6.95. The van der Waals surface area contributed by atoms with E-state index in [1.807, 2.05) is 43.7 Å². The van der Waals surface area contributed by atoms with Crippen molar-refractivity contribution < 1.29 is 8.78 Å². The Morgan fingerprint density at radius 3 is 2.49 bits per heavy atom. The van der Waals surface area contributed by atoms with Crippen LogP contribution in [0.3, 0.4) is 0 Å². The van der Waals surface area contributed by atoms with Gasteiger partial charge in [-0.2, -0.15) is 0 Å². The van der Waals surface area contributed by atoms with E-state index in [0.29, 0.717) is 22.7 Å². The molecule has 0 atom stereocenters. The molecule has 0 bridgehead atoms. The molecule has 5 rings (SSSR count). The minimum atomic E-state index is -0.633. The summed E-state index contributed by atoms with van der Waals surface area (Å²) in [6.45, 7) is 8.95. The molecule has 35 heavy (non-hydrogen) atoms. The third-order valence-electron chi connectivity index (χ3n) is 6.38. The predicted molar refractivity (Wildman–Crippen MR) is 132 cm³/mol. The minimum Gasteiger partial charge on any atom is -0.326 e. The van der Waals surface area contributed by atoms with Gasteiger partial charge in [-0.25, -0.2) is 28.7 Å². The molecule has 4 heterocycles. The highest BCUT2D eigenvalue weighted by Crippen LogP contribution is 2.30. The number of hydrogen-bond donors (Lipinski definition) is 1. The summed E-state index contributed by atoms with van der Waals surface area (Å²) in [5.41, 5.74) is 2.34. The normalized spacial score (nSPS) is 14.7. The van der Waals surface area contributed by atoms with Crippen molar-refractivity contribution in [2.75, 3.05) is 18.4 Å². The number of fused-ring (bicyclic) bond motifs is 1. The number of anilines is 2. The van der Waals surface area contributed by atoms with Crippen molar-refractivity contribution in [1.82, 2.24) is 29.4 Å². The topological polar surface area (TPSA) is 71.8 Å². The van der Waals surface area contributed by atoms with Crippen LogP contribution in [0, 0.1) is 18.6 Å². The van der Waals surface area contributed by atoms with Crippen LogP contribution in [0.5, 0.6) is 0 Å². The standard InChI is InChI=1S/C26H29F2N7/c1-16(2)35-17(3)31-25-20(27)11-19(12-22(25)35)24-21(28)14-30-26(33-24)32-23-8-7-18(13-29-23)15-34-9-5-4-6-10-34/h7-8,11-14,16H,4-6,9-10,15H2,1-3H3,(H,29,30,32,33). The third-order valence-corrected chi connectivity index (χ3v) is 6.38. The van der Waals surface area contributed by atoms with E-state index in [9.17, 15) is 8.78 Å². The number of benzene rings is 1. The Labute approximate surface area is 203 Å². The first-order valence-corrected chi connectivity index (χ1v) is 12.0. The second-order valence-electron chi connectivity index (χ2n) is 9.35. The molecular formula is C26H29F2N7. The average Bonchev–Trinajstić information content (AvgIpc) is 3.19. The highest BCUT2D eigenvalue weighted by Gasteiger charge is 2.18. The lowest BCUT2D eigenvalue weighted by Crippen LogP contribution is -2.29. The molecule has 0 amide bonds. The smallest absolute Gasteiger partial charge is 0.229 e. The van der Waals surface area contributed by atoms with Gasteiger partial charge in [-0.05, 0) is 70.5 Å². The summed E-state index contributed by atoms with van der Waals surface area (Å²) in [5, 5.41) is 3.03. The van der Waals surface area contributed by atoms with Crippen molar-refractivity contribution in [2.45, 2.75) is 52.6 Å². The van der Waals surface area contributed by atoms with Gasteiger partial charge < -0.3 is 9.88 Å². The highest BCUT2D eigenvalue weighted by molar-refractivity contribution is 5.83. The molecule has 0 radical (unpaired) electrons. The average molecular weight is 478 g/mol. The van der Waals surface area contributed by atoms with Crippen LogP contribution in [0.4, 0.5) is 20.5 Å². The molecule has 7 nitrogen and oxygen atoms in total. The van der Waals surface area contributed by atoms with Gasteiger partial charge in [-0.3, -0.25) is 4.90 Å². The zero-order chi connectivity index (χ0) is 24.5. The molecule has 0 aliphatic carbocycles. The van der Waals surface area contributed by atoms with Crippen molar-refractivity contribution in [1.29, 1.82) is 0 Å². The number of aryl methyl sites for hydroxylation is 1. The lowest BCUT2D eigenvalue weighted by atomic mass is 10.1. The number of hydrogen-bond acceptors (Lipinski definition) is 6. The maximum Gasteiger partial charge on any atom is 0.229 e. The van der Waals surface area contributed by atoms with E-state index in [1.165, 1.54) is 25.3 Å². The predicted octanol–water partition coefficient (Wildman–Crippen LogP) is 5.79. The molecule has 3 aromatic heterocycles. The van der Waals surface area contributed by atoms with Gasteiger partial charge in [0.15, 0.2) is 11.6 Å². The lowest BCUT2D eigenvalue weighted by Gasteiger charge is -2.26. The summed E-state index contributed by atoms with van der Waals surface area (Å²) >= 11 is 0. The van der Waals surface area contributed by atoms with Crippen molar-refractivity contribution in [3.05, 3.63) is 59.7 Å². The van der Waals surface area contributed by atoms with E-state index in [-0.39, 0.29) is 23.2 Å². The molecule has 182 valence electrons. The summed E-state index contributed by atoms with van der Waals surface area (Å²) < 4.78 is 31.6. The molecule has 0 spiro atoms. The molecular weight excluding hydrogens is 448 g/mol. The van der Waals surface area contributed by atoms with Gasteiger partial charge in [0.2, 0.25) is 5.95 Å². The Morgan fingerprint density at radius 2 is 1.77 bits per heavy atom. The highest BCUT2D eigenvalue weighted by atomic mass is 19.1. The molecule has 1 saturated heterocycles. The number of rotatable bonds is 6.